The third-order valence-corrected chi connectivity index (χ3v) is 2.55. The van der Waals surface area contributed by atoms with Crippen molar-refractivity contribution in [2.24, 2.45) is 0 Å². The van der Waals surface area contributed by atoms with Gasteiger partial charge in [0.25, 0.3) is 0 Å². The van der Waals surface area contributed by atoms with Gasteiger partial charge >= 0.3 is 0 Å². The average molecular weight is 207 g/mol. The molecule has 0 aliphatic heterocycles. The number of hydrogen-bond donors (Lipinski definition) is 0. The van der Waals surface area contributed by atoms with E-state index >= 15 is 0 Å². The fraction of sp³-hybridized carbons (Fsp3) is 0.538. The maximum absolute atomic E-state index is 5.40. The Morgan fingerprint density at radius 3 is 2.27 bits per heavy atom. The fourth-order valence-electron chi connectivity index (χ4n) is 1.33. The number of hydrogen-bond acceptors (Lipinski definition) is 2. The largest absolute Gasteiger partial charge is 0.494 e. The zero-order chi connectivity index (χ0) is 11.3. The highest BCUT2D eigenvalue weighted by Crippen LogP contribution is 2.13. The summed E-state index contributed by atoms with van der Waals surface area (Å²) in [5.74, 6) is 0.952. The van der Waals surface area contributed by atoms with Crippen molar-refractivity contribution < 1.29 is 4.74 Å². The molecular weight excluding hydrogens is 186 g/mol. The molecule has 1 aromatic rings. The molecule has 0 aliphatic carbocycles. The summed E-state index contributed by atoms with van der Waals surface area (Å²) in [6.45, 7) is 8.12. The van der Waals surface area contributed by atoms with Crippen LogP contribution < -0.4 is 4.74 Å². The smallest absolute Gasteiger partial charge is 0.119 e. The third kappa shape index (κ3) is 3.92. The van der Waals surface area contributed by atoms with Crippen LogP contribution in [0.4, 0.5) is 0 Å². The molecule has 0 spiro atoms. The van der Waals surface area contributed by atoms with E-state index < -0.39 is 0 Å². The van der Waals surface area contributed by atoms with Crippen LogP contribution in [0.15, 0.2) is 24.3 Å². The molecule has 0 atom stereocenters. The Labute approximate surface area is 92.9 Å². The maximum atomic E-state index is 5.40. The normalized spacial score (nSPS) is 11.1. The lowest BCUT2D eigenvalue weighted by Crippen LogP contribution is -2.25. The SMILES string of the molecule is CCOc1ccc(CN(C)C(C)C)cc1. The highest BCUT2D eigenvalue weighted by Gasteiger charge is 2.03. The molecule has 0 aromatic heterocycles. The molecule has 2 heteroatoms. The molecule has 0 N–H and O–H groups in total. The van der Waals surface area contributed by atoms with Crippen LogP contribution in [0.2, 0.25) is 0 Å². The van der Waals surface area contributed by atoms with Gasteiger partial charge in [0.2, 0.25) is 0 Å². The maximum Gasteiger partial charge on any atom is 0.119 e. The minimum absolute atomic E-state index is 0.580. The van der Waals surface area contributed by atoms with E-state index in [9.17, 15) is 0 Å². The highest BCUT2D eigenvalue weighted by molar-refractivity contribution is 5.27. The second-order valence-corrected chi connectivity index (χ2v) is 4.09. The van der Waals surface area contributed by atoms with Crippen LogP contribution in [-0.2, 0) is 6.54 Å². The van der Waals surface area contributed by atoms with Crippen LogP contribution in [-0.4, -0.2) is 24.6 Å². The number of ether oxygens (including phenoxy) is 1. The van der Waals surface area contributed by atoms with Gasteiger partial charge in [-0.2, -0.15) is 0 Å². The first-order valence-corrected chi connectivity index (χ1v) is 5.55. The summed E-state index contributed by atoms with van der Waals surface area (Å²) in [6.07, 6.45) is 0. The standard InChI is InChI=1S/C13H21NO/c1-5-15-13-8-6-12(7-9-13)10-14(4)11(2)3/h6-9,11H,5,10H2,1-4H3. The molecule has 2 nitrogen and oxygen atoms in total. The fourth-order valence-corrected chi connectivity index (χ4v) is 1.33. The van der Waals surface area contributed by atoms with Gasteiger partial charge in [-0.25, -0.2) is 0 Å². The zero-order valence-electron chi connectivity index (χ0n) is 10.2. The Morgan fingerprint density at radius 2 is 1.80 bits per heavy atom. The second-order valence-electron chi connectivity index (χ2n) is 4.09. The second kappa shape index (κ2) is 5.76. The molecule has 1 aromatic carbocycles. The Morgan fingerprint density at radius 1 is 1.20 bits per heavy atom. The van der Waals surface area contributed by atoms with Crippen molar-refractivity contribution in [1.29, 1.82) is 0 Å². The van der Waals surface area contributed by atoms with Crippen molar-refractivity contribution in [1.82, 2.24) is 4.90 Å². The average Bonchev–Trinajstić information content (AvgIpc) is 2.21. The molecule has 0 radical (unpaired) electrons. The van der Waals surface area contributed by atoms with Gasteiger partial charge in [0.15, 0.2) is 0 Å². The van der Waals surface area contributed by atoms with Crippen LogP contribution in [0.1, 0.15) is 26.3 Å². The predicted octanol–water partition coefficient (Wildman–Crippen LogP) is 2.93. The first-order chi connectivity index (χ1) is 7.13. The van der Waals surface area contributed by atoms with Gasteiger partial charge in [-0.15, -0.1) is 0 Å². The minimum Gasteiger partial charge on any atom is -0.494 e. The Hall–Kier alpha value is -1.02. The minimum atomic E-state index is 0.580. The van der Waals surface area contributed by atoms with Gasteiger partial charge in [0, 0.05) is 12.6 Å². The van der Waals surface area contributed by atoms with E-state index in [4.69, 9.17) is 4.74 Å². The predicted molar refractivity (Wildman–Crippen MR) is 64.2 cm³/mol. The lowest BCUT2D eigenvalue weighted by atomic mass is 10.2. The molecular formula is C13H21NO. The summed E-state index contributed by atoms with van der Waals surface area (Å²) in [7, 11) is 2.14. The Balaban J connectivity index is 2.56. The van der Waals surface area contributed by atoms with E-state index in [1.54, 1.807) is 0 Å². The first-order valence-electron chi connectivity index (χ1n) is 5.55. The zero-order valence-corrected chi connectivity index (χ0v) is 10.2. The van der Waals surface area contributed by atoms with Gasteiger partial charge in [0.1, 0.15) is 5.75 Å². The van der Waals surface area contributed by atoms with Gasteiger partial charge in [-0.05, 0) is 45.5 Å². The summed E-state index contributed by atoms with van der Waals surface area (Å²) < 4.78 is 5.40. The third-order valence-electron chi connectivity index (χ3n) is 2.55. The summed E-state index contributed by atoms with van der Waals surface area (Å²) in [6, 6.07) is 8.91. The van der Waals surface area contributed by atoms with E-state index in [2.05, 4.69) is 37.9 Å². The van der Waals surface area contributed by atoms with Crippen molar-refractivity contribution in [2.75, 3.05) is 13.7 Å². The lowest BCUT2D eigenvalue weighted by molar-refractivity contribution is 0.265. The van der Waals surface area contributed by atoms with E-state index in [0.29, 0.717) is 6.04 Å². The molecule has 0 aliphatic rings. The van der Waals surface area contributed by atoms with Crippen LogP contribution in [0.5, 0.6) is 5.75 Å². The summed E-state index contributed by atoms with van der Waals surface area (Å²) in [4.78, 5) is 2.32. The molecule has 0 saturated heterocycles. The van der Waals surface area contributed by atoms with Crippen LogP contribution >= 0.6 is 0 Å². The van der Waals surface area contributed by atoms with E-state index in [1.165, 1.54) is 5.56 Å². The molecule has 0 unspecified atom stereocenters. The molecule has 15 heavy (non-hydrogen) atoms. The quantitative estimate of drug-likeness (QED) is 0.736. The molecule has 0 amide bonds. The summed E-state index contributed by atoms with van der Waals surface area (Å²) in [5, 5.41) is 0. The van der Waals surface area contributed by atoms with Gasteiger partial charge in [-0.3, -0.25) is 4.90 Å². The topological polar surface area (TPSA) is 12.5 Å². The number of nitrogens with zero attached hydrogens (tertiary/aromatic N) is 1. The molecule has 1 rings (SSSR count). The van der Waals surface area contributed by atoms with Crippen LogP contribution in [0.3, 0.4) is 0 Å². The van der Waals surface area contributed by atoms with Crippen molar-refractivity contribution in [3.05, 3.63) is 29.8 Å². The van der Waals surface area contributed by atoms with Gasteiger partial charge in [-0.1, -0.05) is 12.1 Å². The van der Waals surface area contributed by atoms with Crippen LogP contribution in [0.25, 0.3) is 0 Å². The van der Waals surface area contributed by atoms with Crippen LogP contribution in [0, 0.1) is 0 Å². The molecule has 0 bridgehead atoms. The molecule has 0 fully saturated rings. The summed E-state index contributed by atoms with van der Waals surface area (Å²) >= 11 is 0. The van der Waals surface area contributed by atoms with E-state index in [-0.39, 0.29) is 0 Å². The van der Waals surface area contributed by atoms with Gasteiger partial charge < -0.3 is 4.74 Å². The first kappa shape index (κ1) is 12.1. The lowest BCUT2D eigenvalue weighted by Gasteiger charge is -2.20. The molecule has 0 saturated carbocycles. The van der Waals surface area contributed by atoms with Crippen molar-refractivity contribution >= 4 is 0 Å². The van der Waals surface area contributed by atoms with Gasteiger partial charge in [0.05, 0.1) is 6.61 Å². The summed E-state index contributed by atoms with van der Waals surface area (Å²) in [5.41, 5.74) is 1.33. The molecule has 0 heterocycles. The number of rotatable bonds is 5. The van der Waals surface area contributed by atoms with Crippen molar-refractivity contribution in [3.8, 4) is 5.75 Å². The van der Waals surface area contributed by atoms with Crippen molar-refractivity contribution in [2.45, 2.75) is 33.4 Å². The Kier molecular flexibility index (Phi) is 4.63. The Bertz CT molecular complexity index is 279. The molecule has 84 valence electrons. The van der Waals surface area contributed by atoms with E-state index in [0.717, 1.165) is 18.9 Å². The van der Waals surface area contributed by atoms with E-state index in [1.807, 2.05) is 19.1 Å². The monoisotopic (exact) mass is 207 g/mol. The van der Waals surface area contributed by atoms with Crippen molar-refractivity contribution in [3.63, 3.8) is 0 Å². The number of benzene rings is 1. The highest BCUT2D eigenvalue weighted by atomic mass is 16.5.